The van der Waals surface area contributed by atoms with Crippen molar-refractivity contribution in [3.63, 3.8) is 0 Å². The fourth-order valence-electron chi connectivity index (χ4n) is 1.68. The number of rotatable bonds is 3. The third-order valence-electron chi connectivity index (χ3n) is 2.74. The average molecular weight is 283 g/mol. The summed E-state index contributed by atoms with van der Waals surface area (Å²) >= 11 is 0. The van der Waals surface area contributed by atoms with E-state index in [2.05, 4.69) is 5.32 Å². The predicted octanol–water partition coefficient (Wildman–Crippen LogP) is 2.07. The molecule has 2 aromatic carbocycles. The van der Waals surface area contributed by atoms with E-state index in [1.165, 1.54) is 24.3 Å². The lowest BCUT2D eigenvalue weighted by Gasteiger charge is -2.03. The molecule has 5 nitrogen and oxygen atoms in total. The highest BCUT2D eigenvalue weighted by atomic mass is 16.3. The van der Waals surface area contributed by atoms with Crippen LogP contribution in [0, 0.1) is 0 Å². The molecule has 0 unspecified atom stereocenters. The molecule has 0 aromatic heterocycles. The van der Waals surface area contributed by atoms with Gasteiger partial charge in [0, 0.05) is 11.6 Å². The van der Waals surface area contributed by atoms with Gasteiger partial charge in [-0.3, -0.25) is 14.9 Å². The zero-order valence-corrected chi connectivity index (χ0v) is 11.0. The van der Waals surface area contributed by atoms with Crippen LogP contribution in [0.3, 0.4) is 0 Å². The largest absolute Gasteiger partial charge is 0.507 e. The van der Waals surface area contributed by atoms with Gasteiger partial charge in [0.1, 0.15) is 11.5 Å². The van der Waals surface area contributed by atoms with E-state index in [4.69, 9.17) is 0 Å². The third kappa shape index (κ3) is 3.70. The molecular weight excluding hydrogens is 270 g/mol. The highest BCUT2D eigenvalue weighted by molar-refractivity contribution is 6.10. The average Bonchev–Trinajstić information content (AvgIpc) is 2.46. The predicted molar refractivity (Wildman–Crippen MR) is 77.7 cm³/mol. The van der Waals surface area contributed by atoms with E-state index < -0.39 is 11.8 Å². The van der Waals surface area contributed by atoms with Crippen LogP contribution in [0.4, 0.5) is 0 Å². The minimum Gasteiger partial charge on any atom is -0.507 e. The Morgan fingerprint density at radius 1 is 0.905 bits per heavy atom. The molecule has 2 rings (SSSR count). The number of benzene rings is 2. The van der Waals surface area contributed by atoms with Gasteiger partial charge in [-0.15, -0.1) is 0 Å². The van der Waals surface area contributed by atoms with Crippen LogP contribution in [0.15, 0.2) is 54.6 Å². The second-order valence-corrected chi connectivity index (χ2v) is 4.23. The number of aromatic hydroxyl groups is 2. The third-order valence-corrected chi connectivity index (χ3v) is 2.74. The van der Waals surface area contributed by atoms with Crippen LogP contribution in [0.5, 0.6) is 11.5 Å². The molecule has 0 fully saturated rings. The number of hydrogen-bond donors (Lipinski definition) is 3. The summed E-state index contributed by atoms with van der Waals surface area (Å²) in [6.45, 7) is 0. The van der Waals surface area contributed by atoms with Gasteiger partial charge >= 0.3 is 0 Å². The quantitative estimate of drug-likeness (QED) is 0.753. The Labute approximate surface area is 121 Å². The fourth-order valence-corrected chi connectivity index (χ4v) is 1.68. The summed E-state index contributed by atoms with van der Waals surface area (Å²) in [6, 6.07) is 12.4. The summed E-state index contributed by atoms with van der Waals surface area (Å²) in [5, 5.41) is 21.2. The molecule has 5 heteroatoms. The van der Waals surface area contributed by atoms with E-state index in [1.54, 1.807) is 30.3 Å². The molecular formula is C16H13NO4. The summed E-state index contributed by atoms with van der Waals surface area (Å²) in [7, 11) is 0. The summed E-state index contributed by atoms with van der Waals surface area (Å²) < 4.78 is 0. The summed E-state index contributed by atoms with van der Waals surface area (Å²) in [5.41, 5.74) is 0.476. The molecule has 21 heavy (non-hydrogen) atoms. The highest BCUT2D eigenvalue weighted by Gasteiger charge is 2.11. The van der Waals surface area contributed by atoms with Crippen LogP contribution in [0.25, 0.3) is 6.08 Å². The van der Waals surface area contributed by atoms with Crippen molar-refractivity contribution < 1.29 is 19.8 Å². The lowest BCUT2D eigenvalue weighted by Crippen LogP contribution is -2.28. The van der Waals surface area contributed by atoms with Gasteiger partial charge in [0.15, 0.2) is 0 Å². The van der Waals surface area contributed by atoms with Crippen LogP contribution in [-0.4, -0.2) is 22.0 Å². The van der Waals surface area contributed by atoms with E-state index in [-0.39, 0.29) is 17.1 Å². The topological polar surface area (TPSA) is 86.6 Å². The number of para-hydroxylation sites is 2. The number of carbonyl (C=O) groups is 2. The van der Waals surface area contributed by atoms with E-state index in [9.17, 15) is 19.8 Å². The minimum absolute atomic E-state index is 0.0156. The van der Waals surface area contributed by atoms with Crippen molar-refractivity contribution in [1.82, 2.24) is 5.32 Å². The SMILES string of the molecule is O=C(/C=C/c1ccccc1O)NC(=O)c1ccccc1O. The fraction of sp³-hybridized carbons (Fsp3) is 0. The molecule has 0 saturated carbocycles. The number of imide groups is 1. The molecule has 0 bridgehead atoms. The van der Waals surface area contributed by atoms with Crippen LogP contribution < -0.4 is 5.32 Å². The van der Waals surface area contributed by atoms with Crippen molar-refractivity contribution in [2.24, 2.45) is 0 Å². The Balaban J connectivity index is 2.04. The first-order valence-corrected chi connectivity index (χ1v) is 6.17. The van der Waals surface area contributed by atoms with Gasteiger partial charge in [0.25, 0.3) is 11.8 Å². The van der Waals surface area contributed by atoms with Crippen LogP contribution in [0.2, 0.25) is 0 Å². The first kappa shape index (κ1) is 14.3. The summed E-state index contributed by atoms with van der Waals surface area (Å²) in [5.74, 6) is -1.51. The summed E-state index contributed by atoms with van der Waals surface area (Å²) in [4.78, 5) is 23.4. The number of carbonyl (C=O) groups excluding carboxylic acids is 2. The van der Waals surface area contributed by atoms with Crippen molar-refractivity contribution in [1.29, 1.82) is 0 Å². The zero-order valence-electron chi connectivity index (χ0n) is 11.0. The normalized spacial score (nSPS) is 10.5. The maximum atomic E-state index is 11.8. The number of hydrogen-bond acceptors (Lipinski definition) is 4. The van der Waals surface area contributed by atoms with Gasteiger partial charge < -0.3 is 10.2 Å². The van der Waals surface area contributed by atoms with Gasteiger partial charge in [0.2, 0.25) is 0 Å². The van der Waals surface area contributed by atoms with Crippen molar-refractivity contribution >= 4 is 17.9 Å². The minimum atomic E-state index is -0.694. The molecule has 0 heterocycles. The van der Waals surface area contributed by atoms with Gasteiger partial charge in [-0.2, -0.15) is 0 Å². The van der Waals surface area contributed by atoms with Crippen molar-refractivity contribution in [2.45, 2.75) is 0 Å². The lowest BCUT2D eigenvalue weighted by atomic mass is 10.1. The molecule has 3 N–H and O–H groups in total. The molecule has 0 saturated heterocycles. The van der Waals surface area contributed by atoms with E-state index in [0.717, 1.165) is 6.08 Å². The monoisotopic (exact) mass is 283 g/mol. The standard InChI is InChI=1S/C16H13NO4/c18-13-7-3-1-5-11(13)9-10-15(20)17-16(21)12-6-2-4-8-14(12)19/h1-10,18-19H,(H,17,20,21)/b10-9+. The van der Waals surface area contributed by atoms with Gasteiger partial charge in [-0.05, 0) is 24.3 Å². The Morgan fingerprint density at radius 2 is 1.52 bits per heavy atom. The summed E-state index contributed by atoms with van der Waals surface area (Å²) in [6.07, 6.45) is 2.52. The lowest BCUT2D eigenvalue weighted by molar-refractivity contribution is -0.115. The van der Waals surface area contributed by atoms with Gasteiger partial charge in [0.05, 0.1) is 5.56 Å². The second kappa shape index (κ2) is 6.38. The molecule has 0 spiro atoms. The number of phenolic OH excluding ortho intramolecular Hbond substituents is 2. The molecule has 0 aliphatic carbocycles. The molecule has 0 aliphatic rings. The van der Waals surface area contributed by atoms with Crippen LogP contribution >= 0.6 is 0 Å². The van der Waals surface area contributed by atoms with Crippen molar-refractivity contribution in [3.05, 3.63) is 65.7 Å². The molecule has 106 valence electrons. The molecule has 0 atom stereocenters. The molecule has 0 radical (unpaired) electrons. The highest BCUT2D eigenvalue weighted by Crippen LogP contribution is 2.17. The number of phenols is 2. The second-order valence-electron chi connectivity index (χ2n) is 4.23. The molecule has 2 aromatic rings. The van der Waals surface area contributed by atoms with Gasteiger partial charge in [-0.1, -0.05) is 30.3 Å². The molecule has 0 aliphatic heterocycles. The Hall–Kier alpha value is -3.08. The van der Waals surface area contributed by atoms with Crippen LogP contribution in [0.1, 0.15) is 15.9 Å². The maximum absolute atomic E-state index is 11.8. The van der Waals surface area contributed by atoms with Crippen molar-refractivity contribution in [2.75, 3.05) is 0 Å². The molecule has 2 amide bonds. The first-order chi connectivity index (χ1) is 10.1. The van der Waals surface area contributed by atoms with Crippen LogP contribution in [-0.2, 0) is 4.79 Å². The van der Waals surface area contributed by atoms with E-state index in [0.29, 0.717) is 5.56 Å². The zero-order chi connectivity index (χ0) is 15.2. The first-order valence-electron chi connectivity index (χ1n) is 6.17. The number of amides is 2. The Bertz CT molecular complexity index is 707. The van der Waals surface area contributed by atoms with Crippen molar-refractivity contribution in [3.8, 4) is 11.5 Å². The van der Waals surface area contributed by atoms with E-state index >= 15 is 0 Å². The van der Waals surface area contributed by atoms with E-state index in [1.807, 2.05) is 0 Å². The Kier molecular flexibility index (Phi) is 4.36. The Morgan fingerprint density at radius 3 is 2.19 bits per heavy atom. The smallest absolute Gasteiger partial charge is 0.261 e. The number of nitrogens with one attached hydrogen (secondary N) is 1. The van der Waals surface area contributed by atoms with Gasteiger partial charge in [-0.25, -0.2) is 0 Å². The maximum Gasteiger partial charge on any atom is 0.261 e.